The molecule has 0 spiro atoms. The Kier molecular flexibility index (Phi) is 3.93. The molecule has 0 aromatic carbocycles. The van der Waals surface area contributed by atoms with E-state index >= 15 is 0 Å². The summed E-state index contributed by atoms with van der Waals surface area (Å²) >= 11 is 0. The van der Waals surface area contributed by atoms with Crippen LogP contribution in [0.1, 0.15) is 29.9 Å². The zero-order valence-corrected chi connectivity index (χ0v) is 12.4. The van der Waals surface area contributed by atoms with Crippen molar-refractivity contribution in [3.8, 4) is 0 Å². The minimum absolute atomic E-state index is 0.205. The highest BCUT2D eigenvalue weighted by Crippen LogP contribution is 2.16. The van der Waals surface area contributed by atoms with Crippen molar-refractivity contribution in [2.75, 3.05) is 0 Å². The largest absolute Gasteiger partial charge is 0.480 e. The lowest BCUT2D eigenvalue weighted by atomic mass is 10.0. The molecule has 2 heterocycles. The third-order valence-corrected chi connectivity index (χ3v) is 3.34. The molecule has 21 heavy (non-hydrogen) atoms. The minimum Gasteiger partial charge on any atom is -0.480 e. The van der Waals surface area contributed by atoms with Gasteiger partial charge in [0.2, 0.25) is 0 Å². The second kappa shape index (κ2) is 5.51. The molecule has 0 saturated carbocycles. The Balaban J connectivity index is 2.31. The zero-order chi connectivity index (χ0) is 15.7. The Hall–Kier alpha value is -2.44. The summed E-state index contributed by atoms with van der Waals surface area (Å²) < 4.78 is 1.64. The summed E-state index contributed by atoms with van der Waals surface area (Å²) in [5.74, 6) is -1.71. The monoisotopic (exact) mass is 290 g/mol. The van der Waals surface area contributed by atoms with E-state index in [1.54, 1.807) is 31.6 Å². The number of pyridine rings is 1. The van der Waals surface area contributed by atoms with Gasteiger partial charge in [0.15, 0.2) is 5.65 Å². The molecule has 7 nitrogen and oxygen atoms in total. The minimum atomic E-state index is -1.05. The molecule has 7 heteroatoms. The lowest BCUT2D eigenvalue weighted by molar-refractivity contribution is -0.140. The van der Waals surface area contributed by atoms with Crippen molar-refractivity contribution in [3.05, 3.63) is 23.5 Å². The molecule has 0 aliphatic rings. The van der Waals surface area contributed by atoms with Gasteiger partial charge in [-0.05, 0) is 18.9 Å². The van der Waals surface area contributed by atoms with Crippen LogP contribution in [0.4, 0.5) is 0 Å². The lowest BCUT2D eigenvalue weighted by Crippen LogP contribution is -2.44. The van der Waals surface area contributed by atoms with Gasteiger partial charge in [-0.1, -0.05) is 13.8 Å². The number of carboxylic acids is 1. The van der Waals surface area contributed by atoms with E-state index in [0.29, 0.717) is 11.2 Å². The van der Waals surface area contributed by atoms with Crippen molar-refractivity contribution in [2.45, 2.75) is 26.8 Å². The molecule has 1 amide bonds. The Morgan fingerprint density at radius 1 is 1.38 bits per heavy atom. The molecular formula is C14H18N4O3. The summed E-state index contributed by atoms with van der Waals surface area (Å²) in [4.78, 5) is 27.5. The van der Waals surface area contributed by atoms with Crippen LogP contribution in [-0.2, 0) is 11.8 Å². The van der Waals surface area contributed by atoms with E-state index < -0.39 is 17.9 Å². The van der Waals surface area contributed by atoms with Gasteiger partial charge in [0.05, 0.1) is 11.3 Å². The van der Waals surface area contributed by atoms with Crippen LogP contribution >= 0.6 is 0 Å². The van der Waals surface area contributed by atoms with Gasteiger partial charge in [0.25, 0.3) is 5.91 Å². The van der Waals surface area contributed by atoms with Gasteiger partial charge in [0.1, 0.15) is 6.04 Å². The first-order valence-corrected chi connectivity index (χ1v) is 6.64. The number of nitrogens with zero attached hydrogens (tertiary/aromatic N) is 3. The van der Waals surface area contributed by atoms with Crippen LogP contribution in [-0.4, -0.2) is 37.8 Å². The number of aromatic nitrogens is 3. The van der Waals surface area contributed by atoms with Crippen molar-refractivity contribution in [1.82, 2.24) is 20.1 Å². The quantitative estimate of drug-likeness (QED) is 0.879. The Bertz CT molecular complexity index is 706. The maximum Gasteiger partial charge on any atom is 0.326 e. The third kappa shape index (κ3) is 2.86. The van der Waals surface area contributed by atoms with Crippen LogP contribution in [0.15, 0.2) is 12.3 Å². The SMILES string of the molecule is Cc1nn(C)c2ncc(C(=O)N[C@H](C(=O)O)C(C)C)cc12. The summed E-state index contributed by atoms with van der Waals surface area (Å²) in [6, 6.07) is 0.752. The van der Waals surface area contributed by atoms with E-state index in [0.717, 1.165) is 11.1 Å². The van der Waals surface area contributed by atoms with Gasteiger partial charge in [0, 0.05) is 18.6 Å². The van der Waals surface area contributed by atoms with Crippen LogP contribution in [0.25, 0.3) is 11.0 Å². The van der Waals surface area contributed by atoms with E-state index in [9.17, 15) is 9.59 Å². The van der Waals surface area contributed by atoms with E-state index in [4.69, 9.17) is 5.11 Å². The highest BCUT2D eigenvalue weighted by molar-refractivity contribution is 5.99. The number of aliphatic carboxylic acids is 1. The van der Waals surface area contributed by atoms with E-state index in [-0.39, 0.29) is 5.92 Å². The molecular weight excluding hydrogens is 272 g/mol. The first kappa shape index (κ1) is 15.0. The maximum atomic E-state index is 12.2. The van der Waals surface area contributed by atoms with E-state index in [1.165, 1.54) is 6.20 Å². The summed E-state index contributed by atoms with van der Waals surface area (Å²) in [7, 11) is 1.78. The molecule has 0 radical (unpaired) electrons. The normalized spacial score (nSPS) is 12.6. The van der Waals surface area contributed by atoms with Crippen molar-refractivity contribution in [1.29, 1.82) is 0 Å². The summed E-state index contributed by atoms with van der Waals surface area (Å²) in [5, 5.41) is 16.6. The molecule has 112 valence electrons. The van der Waals surface area contributed by atoms with E-state index in [2.05, 4.69) is 15.4 Å². The number of nitrogens with one attached hydrogen (secondary N) is 1. The number of carbonyl (C=O) groups is 2. The molecule has 2 rings (SSSR count). The summed E-state index contributed by atoms with van der Waals surface area (Å²) in [6.07, 6.45) is 1.43. The number of hydrogen-bond donors (Lipinski definition) is 2. The number of rotatable bonds is 4. The van der Waals surface area contributed by atoms with Crippen molar-refractivity contribution in [3.63, 3.8) is 0 Å². The molecule has 2 N–H and O–H groups in total. The van der Waals surface area contributed by atoms with Gasteiger partial charge in [-0.2, -0.15) is 5.10 Å². The van der Waals surface area contributed by atoms with Gasteiger partial charge < -0.3 is 10.4 Å². The summed E-state index contributed by atoms with van der Waals surface area (Å²) in [5.41, 5.74) is 1.78. The maximum absolute atomic E-state index is 12.2. The lowest BCUT2D eigenvalue weighted by Gasteiger charge is -2.17. The Morgan fingerprint density at radius 3 is 2.62 bits per heavy atom. The van der Waals surface area contributed by atoms with Crippen LogP contribution < -0.4 is 5.32 Å². The fourth-order valence-corrected chi connectivity index (χ4v) is 2.17. The number of amides is 1. The van der Waals surface area contributed by atoms with Crippen molar-refractivity contribution >= 4 is 22.9 Å². The second-order valence-corrected chi connectivity index (χ2v) is 5.34. The molecule has 0 unspecified atom stereocenters. The standard InChI is InChI=1S/C14H18N4O3/c1-7(2)11(14(20)21)16-13(19)9-5-10-8(3)17-18(4)12(10)15-6-9/h5-7,11H,1-4H3,(H,16,19)(H,20,21)/t11-/m0/s1. The number of carbonyl (C=O) groups excluding carboxylic acids is 1. The molecule has 0 aliphatic carbocycles. The first-order valence-electron chi connectivity index (χ1n) is 6.64. The first-order chi connectivity index (χ1) is 9.81. The van der Waals surface area contributed by atoms with E-state index in [1.807, 2.05) is 6.92 Å². The smallest absolute Gasteiger partial charge is 0.326 e. The highest BCUT2D eigenvalue weighted by atomic mass is 16.4. The van der Waals surface area contributed by atoms with Gasteiger partial charge in [-0.3, -0.25) is 9.48 Å². The van der Waals surface area contributed by atoms with Gasteiger partial charge in [-0.25, -0.2) is 9.78 Å². The Labute approximate surface area is 122 Å². The zero-order valence-electron chi connectivity index (χ0n) is 12.4. The van der Waals surface area contributed by atoms with Crippen LogP contribution in [0, 0.1) is 12.8 Å². The number of fused-ring (bicyclic) bond motifs is 1. The Morgan fingerprint density at radius 2 is 2.05 bits per heavy atom. The molecule has 0 bridgehead atoms. The number of hydrogen-bond acceptors (Lipinski definition) is 4. The van der Waals surface area contributed by atoms with Crippen molar-refractivity contribution in [2.24, 2.45) is 13.0 Å². The topological polar surface area (TPSA) is 97.1 Å². The van der Waals surface area contributed by atoms with Crippen molar-refractivity contribution < 1.29 is 14.7 Å². The molecule has 2 aromatic rings. The molecule has 0 aliphatic heterocycles. The van der Waals surface area contributed by atoms with Gasteiger partial charge in [-0.15, -0.1) is 0 Å². The van der Waals surface area contributed by atoms with Gasteiger partial charge >= 0.3 is 5.97 Å². The predicted octanol–water partition coefficient (Wildman–Crippen LogP) is 1.12. The average Bonchev–Trinajstić information content (AvgIpc) is 2.70. The highest BCUT2D eigenvalue weighted by Gasteiger charge is 2.24. The number of carboxylic acid groups (broad SMARTS) is 1. The molecule has 0 saturated heterocycles. The molecule has 0 fully saturated rings. The fraction of sp³-hybridized carbons (Fsp3) is 0.429. The third-order valence-electron chi connectivity index (χ3n) is 3.34. The number of aryl methyl sites for hydroxylation is 2. The average molecular weight is 290 g/mol. The second-order valence-electron chi connectivity index (χ2n) is 5.34. The van der Waals surface area contributed by atoms with Crippen LogP contribution in [0.2, 0.25) is 0 Å². The molecule has 1 atom stereocenters. The molecule has 2 aromatic heterocycles. The van der Waals surface area contributed by atoms with Crippen LogP contribution in [0.5, 0.6) is 0 Å². The fourth-order valence-electron chi connectivity index (χ4n) is 2.17. The predicted molar refractivity (Wildman–Crippen MR) is 77.0 cm³/mol. The van der Waals surface area contributed by atoms with Crippen LogP contribution in [0.3, 0.4) is 0 Å². The summed E-state index contributed by atoms with van der Waals surface area (Å²) in [6.45, 7) is 5.32.